The number of hydrogen-bond acceptors (Lipinski definition) is 2. The number of nitriles is 2. The molecule has 0 aliphatic carbocycles. The first kappa shape index (κ1) is 30.7. The lowest BCUT2D eigenvalue weighted by Gasteiger charge is -2.18. The molecule has 0 unspecified atom stereocenters. The van der Waals surface area contributed by atoms with Gasteiger partial charge in [-0.25, -0.2) is 0 Å². The lowest BCUT2D eigenvalue weighted by Crippen LogP contribution is -2.03. The van der Waals surface area contributed by atoms with Gasteiger partial charge in [0.15, 0.2) is 0 Å². The minimum absolute atomic E-state index is 0.570. The molecule has 8 aromatic carbocycles. The van der Waals surface area contributed by atoms with Crippen molar-refractivity contribution in [3.8, 4) is 40.3 Å². The van der Waals surface area contributed by atoms with Crippen LogP contribution in [0.3, 0.4) is 0 Å². The van der Waals surface area contributed by atoms with Gasteiger partial charge in [0.1, 0.15) is 6.07 Å². The van der Waals surface area contributed by atoms with E-state index < -0.39 is 0 Å². The van der Waals surface area contributed by atoms with Crippen LogP contribution in [0, 0.1) is 22.7 Å². The maximum Gasteiger partial charge on any atom is 0.101 e. The van der Waals surface area contributed by atoms with Crippen molar-refractivity contribution in [2.45, 2.75) is 0 Å². The first-order valence-corrected chi connectivity index (χ1v) is 18.3. The molecule has 3 heterocycles. The Morgan fingerprint density at radius 1 is 0.327 bits per heavy atom. The van der Waals surface area contributed by atoms with Crippen molar-refractivity contribution in [1.82, 2.24) is 13.7 Å². The first-order valence-electron chi connectivity index (χ1n) is 18.3. The Balaban J connectivity index is 1.23. The molecule has 5 heteroatoms. The predicted molar refractivity (Wildman–Crippen MR) is 224 cm³/mol. The van der Waals surface area contributed by atoms with Gasteiger partial charge >= 0.3 is 0 Å². The molecule has 0 saturated carbocycles. The first-order chi connectivity index (χ1) is 27.2. The smallest absolute Gasteiger partial charge is 0.101 e. The van der Waals surface area contributed by atoms with Gasteiger partial charge in [-0.1, -0.05) is 115 Å². The molecule has 0 N–H and O–H groups in total. The molecule has 0 spiro atoms. The predicted octanol–water partition coefficient (Wildman–Crippen LogP) is 12.4. The van der Waals surface area contributed by atoms with E-state index in [-0.39, 0.29) is 0 Å². The minimum atomic E-state index is 0.570. The van der Waals surface area contributed by atoms with Crippen molar-refractivity contribution in [2.75, 3.05) is 0 Å². The van der Waals surface area contributed by atoms with E-state index in [0.717, 1.165) is 82.8 Å². The molecule has 0 amide bonds. The second-order valence-corrected chi connectivity index (χ2v) is 13.9. The highest BCUT2D eigenvalue weighted by Crippen LogP contribution is 2.43. The standard InChI is InChI=1S/C50H29N5/c51-30-32-27-28-34(53-43-21-6-3-16-37(43)40-19-11-13-33(31-52)49(40)53)29-42(32)39-18-5-10-25-47(39)55-46-24-9-4-17-38(46)41-20-12-26-48(50(41)55)54-44-22-7-1-14-35(44)36-15-2-8-23-45(36)54/h1-29H. The molecule has 55 heavy (non-hydrogen) atoms. The molecule has 0 aliphatic heterocycles. The van der Waals surface area contributed by atoms with Crippen LogP contribution in [0.15, 0.2) is 176 Å². The molecule has 0 radical (unpaired) electrons. The van der Waals surface area contributed by atoms with Gasteiger partial charge in [-0.3, -0.25) is 0 Å². The average molecular weight is 700 g/mol. The van der Waals surface area contributed by atoms with E-state index in [2.05, 4.69) is 159 Å². The minimum Gasteiger partial charge on any atom is -0.308 e. The molecule has 3 aromatic heterocycles. The third kappa shape index (κ3) is 4.33. The van der Waals surface area contributed by atoms with E-state index in [1.54, 1.807) is 0 Å². The van der Waals surface area contributed by atoms with Crippen molar-refractivity contribution in [3.63, 3.8) is 0 Å². The fraction of sp³-hybridized carbons (Fsp3) is 0. The quantitative estimate of drug-likeness (QED) is 0.184. The summed E-state index contributed by atoms with van der Waals surface area (Å²) in [5, 5.41) is 27.7. The maximum atomic E-state index is 10.7. The van der Waals surface area contributed by atoms with E-state index in [0.29, 0.717) is 11.1 Å². The van der Waals surface area contributed by atoms with Crippen LogP contribution in [-0.2, 0) is 0 Å². The number of benzene rings is 8. The summed E-state index contributed by atoms with van der Waals surface area (Å²) >= 11 is 0. The van der Waals surface area contributed by atoms with Gasteiger partial charge in [0.2, 0.25) is 0 Å². The molecular formula is C50H29N5. The molecule has 11 aromatic rings. The summed E-state index contributed by atoms with van der Waals surface area (Å²) in [6.45, 7) is 0. The number of aromatic nitrogens is 3. The zero-order valence-electron chi connectivity index (χ0n) is 29.5. The van der Waals surface area contributed by atoms with Crippen LogP contribution in [0.5, 0.6) is 0 Å². The van der Waals surface area contributed by atoms with Gasteiger partial charge in [-0.05, 0) is 60.7 Å². The van der Waals surface area contributed by atoms with E-state index in [1.165, 1.54) is 10.8 Å². The van der Waals surface area contributed by atoms with E-state index >= 15 is 0 Å². The van der Waals surface area contributed by atoms with E-state index in [4.69, 9.17) is 0 Å². The Bertz CT molecular complexity index is 3420. The Kier molecular flexibility index (Phi) is 6.61. The highest BCUT2D eigenvalue weighted by atomic mass is 15.1. The third-order valence-corrected chi connectivity index (χ3v) is 11.1. The van der Waals surface area contributed by atoms with Crippen molar-refractivity contribution in [2.24, 2.45) is 0 Å². The van der Waals surface area contributed by atoms with Gasteiger partial charge < -0.3 is 13.7 Å². The fourth-order valence-corrected chi connectivity index (χ4v) is 8.88. The van der Waals surface area contributed by atoms with Crippen LogP contribution < -0.4 is 0 Å². The van der Waals surface area contributed by atoms with E-state index in [9.17, 15) is 10.5 Å². The van der Waals surface area contributed by atoms with Crippen molar-refractivity contribution in [3.05, 3.63) is 187 Å². The molecule has 254 valence electrons. The van der Waals surface area contributed by atoms with Gasteiger partial charge in [0, 0.05) is 49.1 Å². The number of nitrogens with zero attached hydrogens (tertiary/aromatic N) is 5. The number of rotatable bonds is 4. The summed E-state index contributed by atoms with van der Waals surface area (Å²) in [5.41, 5.74) is 12.1. The second kappa shape index (κ2) is 11.8. The Morgan fingerprint density at radius 2 is 0.800 bits per heavy atom. The van der Waals surface area contributed by atoms with Crippen LogP contribution >= 0.6 is 0 Å². The topological polar surface area (TPSA) is 62.4 Å². The largest absolute Gasteiger partial charge is 0.308 e. The molecule has 0 fully saturated rings. The second-order valence-electron chi connectivity index (χ2n) is 13.9. The summed E-state index contributed by atoms with van der Waals surface area (Å²) in [6, 6.07) is 65.9. The van der Waals surface area contributed by atoms with Crippen molar-refractivity contribution in [1.29, 1.82) is 10.5 Å². The fourth-order valence-electron chi connectivity index (χ4n) is 8.88. The number of fused-ring (bicyclic) bond motifs is 9. The maximum absolute atomic E-state index is 10.7. The summed E-state index contributed by atoms with van der Waals surface area (Å²) in [4.78, 5) is 0. The molecule has 0 aliphatic rings. The molecule has 0 atom stereocenters. The highest BCUT2D eigenvalue weighted by molar-refractivity contribution is 6.15. The molecular weight excluding hydrogens is 671 g/mol. The summed E-state index contributed by atoms with van der Waals surface area (Å²) < 4.78 is 6.93. The molecule has 0 bridgehead atoms. The summed E-state index contributed by atoms with van der Waals surface area (Å²) in [7, 11) is 0. The monoisotopic (exact) mass is 699 g/mol. The number of para-hydroxylation sites is 7. The SMILES string of the molecule is N#Cc1ccc(-n2c3ccccc3c3cccc(C#N)c32)cc1-c1ccccc1-n1c2ccccc2c2cccc(-n3c4ccccc4c4ccccc43)c21. The van der Waals surface area contributed by atoms with Crippen molar-refractivity contribution >= 4 is 65.4 Å². The normalized spacial score (nSPS) is 11.6. The van der Waals surface area contributed by atoms with Crippen LogP contribution in [0.4, 0.5) is 0 Å². The lowest BCUT2D eigenvalue weighted by molar-refractivity contribution is 1.13. The van der Waals surface area contributed by atoms with Gasteiger partial charge in [0.25, 0.3) is 0 Å². The van der Waals surface area contributed by atoms with Crippen LogP contribution in [0.2, 0.25) is 0 Å². The van der Waals surface area contributed by atoms with Crippen LogP contribution in [0.25, 0.3) is 93.6 Å². The summed E-state index contributed by atoms with van der Waals surface area (Å²) in [5.74, 6) is 0. The van der Waals surface area contributed by atoms with Crippen LogP contribution in [-0.4, -0.2) is 13.7 Å². The zero-order valence-corrected chi connectivity index (χ0v) is 29.5. The van der Waals surface area contributed by atoms with Crippen LogP contribution in [0.1, 0.15) is 11.1 Å². The molecule has 11 rings (SSSR count). The summed E-state index contributed by atoms with van der Waals surface area (Å²) in [6.07, 6.45) is 0. The van der Waals surface area contributed by atoms with Gasteiger partial charge in [-0.2, -0.15) is 10.5 Å². The van der Waals surface area contributed by atoms with Crippen molar-refractivity contribution < 1.29 is 0 Å². The Labute approximate surface area is 316 Å². The highest BCUT2D eigenvalue weighted by Gasteiger charge is 2.23. The lowest BCUT2D eigenvalue weighted by atomic mass is 9.97. The molecule has 5 nitrogen and oxygen atoms in total. The Hall–Kier alpha value is -7.86. The number of hydrogen-bond donors (Lipinski definition) is 0. The average Bonchev–Trinajstić information content (AvgIpc) is 3.89. The zero-order chi connectivity index (χ0) is 36.6. The third-order valence-electron chi connectivity index (χ3n) is 11.1. The van der Waals surface area contributed by atoms with Gasteiger partial charge in [0.05, 0.1) is 61.7 Å². The Morgan fingerprint density at radius 3 is 1.44 bits per heavy atom. The molecule has 0 saturated heterocycles. The van der Waals surface area contributed by atoms with Gasteiger partial charge in [-0.15, -0.1) is 0 Å². The van der Waals surface area contributed by atoms with E-state index in [1.807, 2.05) is 42.5 Å².